The molecule has 0 aliphatic rings. The molecule has 0 aromatic heterocycles. The van der Waals surface area contributed by atoms with Crippen molar-refractivity contribution in [2.45, 2.75) is 24.8 Å². The van der Waals surface area contributed by atoms with Gasteiger partial charge in [-0.2, -0.15) is 0 Å². The van der Waals surface area contributed by atoms with E-state index < -0.39 is 6.04 Å². The Bertz CT molecular complexity index is 1180. The number of carbonyl (C=O) groups excluding carboxylic acids is 2. The minimum absolute atomic E-state index is 0.161. The fourth-order valence-electron chi connectivity index (χ4n) is 3.52. The zero-order valence-electron chi connectivity index (χ0n) is 18.9. The Balaban J connectivity index is 1.82. The molecule has 0 heterocycles. The van der Waals surface area contributed by atoms with E-state index in [1.54, 1.807) is 42.3 Å². The number of thioether (sulfide) groups is 1. The summed E-state index contributed by atoms with van der Waals surface area (Å²) in [6.45, 7) is 0.216. The molecule has 3 rings (SSSR count). The van der Waals surface area contributed by atoms with Crippen LogP contribution in [-0.4, -0.2) is 35.6 Å². The van der Waals surface area contributed by atoms with Gasteiger partial charge in [-0.15, -0.1) is 11.8 Å². The molecule has 3 aromatic carbocycles. The van der Waals surface area contributed by atoms with Gasteiger partial charge in [0.15, 0.2) is 0 Å². The van der Waals surface area contributed by atoms with Gasteiger partial charge in [0, 0.05) is 25.8 Å². The van der Waals surface area contributed by atoms with Crippen molar-refractivity contribution in [1.29, 1.82) is 0 Å². The van der Waals surface area contributed by atoms with Crippen LogP contribution in [-0.2, 0) is 28.3 Å². The fraction of sp³-hybridized carbons (Fsp3) is 0.231. The molecule has 0 aliphatic carbocycles. The smallest absolute Gasteiger partial charge is 0.242 e. The van der Waals surface area contributed by atoms with Gasteiger partial charge >= 0.3 is 0 Å². The standard InChI is InChI=1S/C26H24Cl4N2O2S/c1-31-26(34)24(13-17-5-3-2-4-6-17)32(14-18-7-9-20(27)22(29)11-18)25(33)16-35-15-19-8-10-21(28)23(30)12-19/h2-12,24H,13-16H2,1H3,(H,31,34)/t24-/m1/s1. The zero-order chi connectivity index (χ0) is 25.4. The first-order chi connectivity index (χ1) is 16.8. The summed E-state index contributed by atoms with van der Waals surface area (Å²) < 4.78 is 0. The van der Waals surface area contributed by atoms with Crippen molar-refractivity contribution in [3.8, 4) is 0 Å². The summed E-state index contributed by atoms with van der Waals surface area (Å²) in [4.78, 5) is 28.0. The van der Waals surface area contributed by atoms with Crippen LogP contribution in [0.15, 0.2) is 66.7 Å². The largest absolute Gasteiger partial charge is 0.357 e. The van der Waals surface area contributed by atoms with Crippen molar-refractivity contribution in [2.24, 2.45) is 0 Å². The molecule has 4 nitrogen and oxygen atoms in total. The number of amides is 2. The summed E-state index contributed by atoms with van der Waals surface area (Å²) in [5.74, 6) is 0.360. The maximum absolute atomic E-state index is 13.5. The number of nitrogens with zero attached hydrogens (tertiary/aromatic N) is 1. The topological polar surface area (TPSA) is 49.4 Å². The number of hydrogen-bond acceptors (Lipinski definition) is 3. The Labute approximate surface area is 229 Å². The van der Waals surface area contributed by atoms with Crippen LogP contribution in [0.2, 0.25) is 20.1 Å². The lowest BCUT2D eigenvalue weighted by Gasteiger charge is -2.31. The molecule has 3 aromatic rings. The second-order valence-electron chi connectivity index (χ2n) is 7.83. The second kappa shape index (κ2) is 13.4. The van der Waals surface area contributed by atoms with Gasteiger partial charge < -0.3 is 10.2 Å². The lowest BCUT2D eigenvalue weighted by molar-refractivity contribution is -0.139. The Morgan fingerprint density at radius 1 is 0.829 bits per heavy atom. The first-order valence-corrected chi connectivity index (χ1v) is 13.5. The van der Waals surface area contributed by atoms with Gasteiger partial charge in [0.05, 0.1) is 25.8 Å². The summed E-state index contributed by atoms with van der Waals surface area (Å²) in [7, 11) is 1.57. The number of benzene rings is 3. The Hall–Kier alpha value is -1.89. The van der Waals surface area contributed by atoms with Crippen LogP contribution in [0.1, 0.15) is 16.7 Å². The van der Waals surface area contributed by atoms with E-state index in [9.17, 15) is 9.59 Å². The molecule has 0 saturated heterocycles. The van der Waals surface area contributed by atoms with Crippen LogP contribution in [0.4, 0.5) is 0 Å². The average Bonchev–Trinajstić information content (AvgIpc) is 2.85. The van der Waals surface area contributed by atoms with E-state index in [-0.39, 0.29) is 24.1 Å². The quantitative estimate of drug-likeness (QED) is 0.288. The summed E-state index contributed by atoms with van der Waals surface area (Å²) in [6.07, 6.45) is 0.380. The van der Waals surface area contributed by atoms with Crippen LogP contribution >= 0.6 is 58.2 Å². The van der Waals surface area contributed by atoms with Gasteiger partial charge in [0.1, 0.15) is 6.04 Å². The van der Waals surface area contributed by atoms with Crippen molar-refractivity contribution >= 4 is 70.0 Å². The molecule has 9 heteroatoms. The first-order valence-electron chi connectivity index (χ1n) is 10.8. The molecule has 0 aliphatic heterocycles. The maximum atomic E-state index is 13.5. The molecule has 1 N–H and O–H groups in total. The normalized spacial score (nSPS) is 11.7. The third-order valence-corrected chi connectivity index (χ3v) is 7.80. The molecule has 0 bridgehead atoms. The number of likely N-dealkylation sites (N-methyl/N-ethyl adjacent to an activating group) is 1. The van der Waals surface area contributed by atoms with E-state index in [1.165, 1.54) is 11.8 Å². The minimum Gasteiger partial charge on any atom is -0.357 e. The Kier molecular flexibility index (Phi) is 10.6. The molecule has 0 spiro atoms. The molecule has 35 heavy (non-hydrogen) atoms. The van der Waals surface area contributed by atoms with Crippen molar-refractivity contribution in [3.05, 3.63) is 104 Å². The molecular weight excluding hydrogens is 546 g/mol. The lowest BCUT2D eigenvalue weighted by Crippen LogP contribution is -2.50. The van der Waals surface area contributed by atoms with Crippen LogP contribution < -0.4 is 5.32 Å². The van der Waals surface area contributed by atoms with Crippen molar-refractivity contribution < 1.29 is 9.59 Å². The number of halogens is 4. The third-order valence-electron chi connectivity index (χ3n) is 5.33. The van der Waals surface area contributed by atoms with Gasteiger partial charge in [0.2, 0.25) is 11.8 Å². The van der Waals surface area contributed by atoms with Gasteiger partial charge in [-0.1, -0.05) is 88.9 Å². The highest BCUT2D eigenvalue weighted by molar-refractivity contribution is 7.99. The fourth-order valence-corrected chi connectivity index (χ4v) is 5.02. The predicted molar refractivity (Wildman–Crippen MR) is 148 cm³/mol. The summed E-state index contributed by atoms with van der Waals surface area (Å²) in [6, 6.07) is 19.5. The molecule has 0 saturated carbocycles. The van der Waals surface area contributed by atoms with Gasteiger partial charge in [0.25, 0.3) is 0 Å². The van der Waals surface area contributed by atoms with Crippen LogP contribution in [0.3, 0.4) is 0 Å². The van der Waals surface area contributed by atoms with Gasteiger partial charge in [-0.05, 0) is 41.0 Å². The molecule has 0 fully saturated rings. The number of carbonyl (C=O) groups is 2. The summed E-state index contributed by atoms with van der Waals surface area (Å²) >= 11 is 25.8. The van der Waals surface area contributed by atoms with E-state index in [1.807, 2.05) is 36.4 Å². The van der Waals surface area contributed by atoms with Crippen molar-refractivity contribution in [3.63, 3.8) is 0 Å². The summed E-state index contributed by atoms with van der Waals surface area (Å²) in [5, 5.41) is 4.49. The van der Waals surface area contributed by atoms with Crippen LogP contribution in [0, 0.1) is 0 Å². The highest BCUT2D eigenvalue weighted by Crippen LogP contribution is 2.26. The maximum Gasteiger partial charge on any atom is 0.242 e. The SMILES string of the molecule is CNC(=O)[C@@H](Cc1ccccc1)N(Cc1ccc(Cl)c(Cl)c1)C(=O)CSCc1ccc(Cl)c(Cl)c1. The summed E-state index contributed by atoms with van der Waals surface area (Å²) in [5.41, 5.74) is 2.70. The van der Waals surface area contributed by atoms with E-state index in [4.69, 9.17) is 46.4 Å². The Morgan fingerprint density at radius 2 is 1.43 bits per heavy atom. The molecule has 2 amide bonds. The van der Waals surface area contributed by atoms with Crippen LogP contribution in [0.5, 0.6) is 0 Å². The minimum atomic E-state index is -0.699. The lowest BCUT2D eigenvalue weighted by atomic mass is 10.0. The van der Waals surface area contributed by atoms with Crippen molar-refractivity contribution in [2.75, 3.05) is 12.8 Å². The van der Waals surface area contributed by atoms with Gasteiger partial charge in [-0.3, -0.25) is 9.59 Å². The Morgan fingerprint density at radius 3 is 2.03 bits per heavy atom. The molecule has 184 valence electrons. The average molecular weight is 570 g/mol. The van der Waals surface area contributed by atoms with E-state index in [0.29, 0.717) is 32.3 Å². The highest BCUT2D eigenvalue weighted by Gasteiger charge is 2.29. The molecular formula is C26H24Cl4N2O2S. The van der Waals surface area contributed by atoms with E-state index in [2.05, 4.69) is 5.32 Å². The molecule has 0 unspecified atom stereocenters. The number of rotatable bonds is 10. The highest BCUT2D eigenvalue weighted by atomic mass is 35.5. The van der Waals surface area contributed by atoms with Gasteiger partial charge in [-0.25, -0.2) is 0 Å². The predicted octanol–water partition coefficient (Wildman–Crippen LogP) is 6.92. The second-order valence-corrected chi connectivity index (χ2v) is 10.4. The zero-order valence-corrected chi connectivity index (χ0v) is 22.8. The monoisotopic (exact) mass is 568 g/mol. The van der Waals surface area contributed by atoms with E-state index in [0.717, 1.165) is 16.7 Å². The molecule has 0 radical (unpaired) electrons. The van der Waals surface area contributed by atoms with Crippen molar-refractivity contribution in [1.82, 2.24) is 10.2 Å². The number of hydrogen-bond donors (Lipinski definition) is 1. The third kappa shape index (κ3) is 8.06. The van der Waals surface area contributed by atoms with Crippen LogP contribution in [0.25, 0.3) is 0 Å². The number of nitrogens with one attached hydrogen (secondary N) is 1. The van der Waals surface area contributed by atoms with E-state index >= 15 is 0 Å². The first kappa shape index (κ1) is 27.7. The molecule has 1 atom stereocenters.